The molecule has 45 heavy (non-hydrogen) atoms. The summed E-state index contributed by atoms with van der Waals surface area (Å²) in [6, 6.07) is 23.7. The number of carbonyl (C=O) groups excluding carboxylic acids is 1. The molecule has 0 aliphatic heterocycles. The molecule has 0 saturated heterocycles. The van der Waals surface area contributed by atoms with Crippen LogP contribution in [-0.2, 0) is 4.74 Å². The number of ether oxygens (including phenoxy) is 3. The van der Waals surface area contributed by atoms with E-state index in [4.69, 9.17) is 14.2 Å². The van der Waals surface area contributed by atoms with Gasteiger partial charge in [0.2, 0.25) is 0 Å². The summed E-state index contributed by atoms with van der Waals surface area (Å²) in [4.78, 5) is 13.1. The van der Waals surface area contributed by atoms with Crippen LogP contribution < -0.4 is 9.47 Å². The Kier molecular flexibility index (Phi) is 17.4. The number of unbranched alkanes of at least 4 members (excludes halogenated alkanes) is 10. The molecule has 0 aliphatic carbocycles. The first-order valence-corrected chi connectivity index (χ1v) is 17.9. The SMILES string of the molecule is CCCCCCCCOC(C)c1ccc(-c2ccc(C(=O)Oc3ccccc3OC(CCC)CCCCCCCC)cc2)cc1. The highest BCUT2D eigenvalue weighted by Gasteiger charge is 2.16. The van der Waals surface area contributed by atoms with E-state index in [1.165, 1.54) is 69.8 Å². The maximum absolute atomic E-state index is 13.1. The van der Waals surface area contributed by atoms with E-state index < -0.39 is 0 Å². The van der Waals surface area contributed by atoms with Crippen molar-refractivity contribution in [2.45, 2.75) is 136 Å². The summed E-state index contributed by atoms with van der Waals surface area (Å²) in [7, 11) is 0. The Hall–Kier alpha value is -3.11. The Morgan fingerprint density at radius 2 is 1.16 bits per heavy atom. The van der Waals surface area contributed by atoms with Crippen LogP contribution in [-0.4, -0.2) is 18.7 Å². The number of para-hydroxylation sites is 2. The van der Waals surface area contributed by atoms with Gasteiger partial charge in [0.25, 0.3) is 0 Å². The molecule has 0 radical (unpaired) electrons. The fourth-order valence-electron chi connectivity index (χ4n) is 5.69. The van der Waals surface area contributed by atoms with E-state index in [0.29, 0.717) is 17.1 Å². The van der Waals surface area contributed by atoms with Gasteiger partial charge in [-0.1, -0.05) is 140 Å². The summed E-state index contributed by atoms with van der Waals surface area (Å²) in [5.74, 6) is 0.725. The van der Waals surface area contributed by atoms with Crippen molar-refractivity contribution in [2.75, 3.05) is 6.61 Å². The number of esters is 1. The summed E-state index contributed by atoms with van der Waals surface area (Å²) < 4.78 is 18.4. The molecule has 4 nitrogen and oxygen atoms in total. The minimum atomic E-state index is -0.382. The van der Waals surface area contributed by atoms with Crippen molar-refractivity contribution in [3.05, 3.63) is 83.9 Å². The zero-order chi connectivity index (χ0) is 32.1. The third kappa shape index (κ3) is 13.4. The van der Waals surface area contributed by atoms with Gasteiger partial charge < -0.3 is 14.2 Å². The van der Waals surface area contributed by atoms with Crippen molar-refractivity contribution >= 4 is 5.97 Å². The smallest absolute Gasteiger partial charge is 0.343 e. The first-order chi connectivity index (χ1) is 22.0. The second-order valence-corrected chi connectivity index (χ2v) is 12.4. The molecule has 0 fully saturated rings. The highest BCUT2D eigenvalue weighted by molar-refractivity contribution is 5.92. The first kappa shape index (κ1) is 36.4. The molecule has 0 spiro atoms. The Morgan fingerprint density at radius 3 is 1.78 bits per heavy atom. The largest absolute Gasteiger partial charge is 0.487 e. The van der Waals surface area contributed by atoms with E-state index in [1.54, 1.807) is 0 Å². The van der Waals surface area contributed by atoms with Crippen LogP contribution in [0.3, 0.4) is 0 Å². The second-order valence-electron chi connectivity index (χ2n) is 12.4. The van der Waals surface area contributed by atoms with Crippen LogP contribution in [0.25, 0.3) is 11.1 Å². The third-order valence-corrected chi connectivity index (χ3v) is 8.54. The van der Waals surface area contributed by atoms with Crippen LogP contribution in [0, 0.1) is 0 Å². The van der Waals surface area contributed by atoms with Crippen LogP contribution in [0.4, 0.5) is 0 Å². The van der Waals surface area contributed by atoms with E-state index in [0.717, 1.165) is 49.8 Å². The van der Waals surface area contributed by atoms with Gasteiger partial charge in [-0.15, -0.1) is 0 Å². The maximum atomic E-state index is 13.1. The number of carbonyl (C=O) groups is 1. The van der Waals surface area contributed by atoms with Crippen molar-refractivity contribution in [1.82, 2.24) is 0 Å². The van der Waals surface area contributed by atoms with Crippen LogP contribution in [0.5, 0.6) is 11.5 Å². The molecule has 3 aromatic rings. The summed E-state index contributed by atoms with van der Waals surface area (Å²) >= 11 is 0. The Labute approximate surface area is 273 Å². The fraction of sp³-hybridized carbons (Fsp3) is 0.537. The second kappa shape index (κ2) is 21.6. The molecule has 0 aliphatic rings. The van der Waals surface area contributed by atoms with Crippen molar-refractivity contribution in [3.63, 3.8) is 0 Å². The van der Waals surface area contributed by atoms with Crippen LogP contribution in [0.2, 0.25) is 0 Å². The molecule has 2 unspecified atom stereocenters. The molecule has 0 N–H and O–H groups in total. The van der Waals surface area contributed by atoms with Gasteiger partial charge in [0.1, 0.15) is 0 Å². The molecular formula is C41H58O4. The lowest BCUT2D eigenvalue weighted by Gasteiger charge is -2.20. The molecule has 246 valence electrons. The first-order valence-electron chi connectivity index (χ1n) is 17.9. The minimum absolute atomic E-state index is 0.0755. The Morgan fingerprint density at radius 1 is 0.600 bits per heavy atom. The van der Waals surface area contributed by atoms with Crippen LogP contribution in [0.1, 0.15) is 146 Å². The van der Waals surface area contributed by atoms with Gasteiger partial charge in [0.15, 0.2) is 11.5 Å². The molecular weight excluding hydrogens is 556 g/mol. The molecule has 2 atom stereocenters. The summed E-state index contributed by atoms with van der Waals surface area (Å²) in [6.45, 7) is 9.61. The van der Waals surface area contributed by atoms with Crippen LogP contribution in [0.15, 0.2) is 72.8 Å². The zero-order valence-corrected chi connectivity index (χ0v) is 28.5. The van der Waals surface area contributed by atoms with Gasteiger partial charge in [0.05, 0.1) is 17.8 Å². The van der Waals surface area contributed by atoms with Gasteiger partial charge in [-0.2, -0.15) is 0 Å². The highest BCUT2D eigenvalue weighted by atomic mass is 16.6. The third-order valence-electron chi connectivity index (χ3n) is 8.54. The molecule has 0 saturated carbocycles. The van der Waals surface area contributed by atoms with E-state index in [2.05, 4.69) is 52.0 Å². The molecule has 3 aromatic carbocycles. The minimum Gasteiger partial charge on any atom is -0.487 e. The Balaban J connectivity index is 1.52. The monoisotopic (exact) mass is 614 g/mol. The lowest BCUT2D eigenvalue weighted by atomic mass is 10.0. The van der Waals surface area contributed by atoms with E-state index >= 15 is 0 Å². The molecule has 0 aromatic heterocycles. The molecule has 0 amide bonds. The average Bonchev–Trinajstić information content (AvgIpc) is 3.07. The van der Waals surface area contributed by atoms with Crippen molar-refractivity contribution in [3.8, 4) is 22.6 Å². The standard InChI is InChI=1S/C41H58O4/c1-5-8-10-12-14-16-21-38(20-7-3)44-39-22-17-18-23-40(39)45-41(42)37-30-28-36(29-31-37)35-26-24-34(25-27-35)33(4)43-32-19-15-13-11-9-6-2/h17-18,22-31,33,38H,5-16,19-21,32H2,1-4H3. The highest BCUT2D eigenvalue weighted by Crippen LogP contribution is 2.31. The normalized spacial score (nSPS) is 12.5. The summed E-state index contributed by atoms with van der Waals surface area (Å²) in [6.07, 6.45) is 18.5. The van der Waals surface area contributed by atoms with Crippen LogP contribution >= 0.6 is 0 Å². The number of rotatable bonds is 23. The van der Waals surface area contributed by atoms with Gasteiger partial charge in [0, 0.05) is 6.61 Å². The zero-order valence-electron chi connectivity index (χ0n) is 28.5. The summed E-state index contributed by atoms with van der Waals surface area (Å²) in [5, 5.41) is 0. The van der Waals surface area contributed by atoms with Gasteiger partial charge >= 0.3 is 5.97 Å². The Bertz CT molecular complexity index is 1200. The predicted molar refractivity (Wildman–Crippen MR) is 188 cm³/mol. The van der Waals surface area contributed by atoms with Crippen molar-refractivity contribution < 1.29 is 19.0 Å². The van der Waals surface area contributed by atoms with Gasteiger partial charge in [-0.05, 0) is 73.6 Å². The fourth-order valence-corrected chi connectivity index (χ4v) is 5.69. The number of hydrogen-bond acceptors (Lipinski definition) is 4. The van der Waals surface area contributed by atoms with Gasteiger partial charge in [-0.25, -0.2) is 4.79 Å². The topological polar surface area (TPSA) is 44.8 Å². The molecule has 4 heteroatoms. The molecule has 3 rings (SSSR count). The van der Waals surface area contributed by atoms with E-state index in [1.807, 2.05) is 48.5 Å². The number of hydrogen-bond donors (Lipinski definition) is 0. The lowest BCUT2D eigenvalue weighted by Crippen LogP contribution is -2.17. The van der Waals surface area contributed by atoms with Crippen molar-refractivity contribution in [1.29, 1.82) is 0 Å². The quantitative estimate of drug-likeness (QED) is 0.0605. The predicted octanol–water partition coefficient (Wildman–Crippen LogP) is 12.3. The van der Waals surface area contributed by atoms with Crippen molar-refractivity contribution in [2.24, 2.45) is 0 Å². The number of benzene rings is 3. The van der Waals surface area contributed by atoms with E-state index in [-0.39, 0.29) is 18.2 Å². The van der Waals surface area contributed by atoms with Gasteiger partial charge in [-0.3, -0.25) is 0 Å². The lowest BCUT2D eigenvalue weighted by molar-refractivity contribution is 0.0627. The molecule has 0 bridgehead atoms. The maximum Gasteiger partial charge on any atom is 0.343 e. The van der Waals surface area contributed by atoms with E-state index in [9.17, 15) is 4.79 Å². The molecule has 0 heterocycles. The average molecular weight is 615 g/mol. The summed E-state index contributed by atoms with van der Waals surface area (Å²) in [5.41, 5.74) is 3.85.